The summed E-state index contributed by atoms with van der Waals surface area (Å²) >= 11 is 0. The van der Waals surface area contributed by atoms with Crippen LogP contribution in [0.1, 0.15) is 61.2 Å². The van der Waals surface area contributed by atoms with E-state index in [9.17, 15) is 10.5 Å². The van der Waals surface area contributed by atoms with Crippen LogP contribution in [0.15, 0.2) is 176 Å². The summed E-state index contributed by atoms with van der Waals surface area (Å²) in [7, 11) is 0. The predicted molar refractivity (Wildman–Crippen MR) is 315 cm³/mol. The Morgan fingerprint density at radius 2 is 0.641 bits per heavy atom. The number of aryl methyl sites for hydroxylation is 8. The van der Waals surface area contributed by atoms with Crippen molar-refractivity contribution in [1.82, 2.24) is 9.13 Å². The molecule has 0 N–H and O–H groups in total. The Bertz CT molecular complexity index is 4060. The van der Waals surface area contributed by atoms with Gasteiger partial charge in [0.25, 0.3) is 0 Å². The zero-order chi connectivity index (χ0) is 54.5. The van der Waals surface area contributed by atoms with Gasteiger partial charge in [0.2, 0.25) is 0 Å². The smallest absolute Gasteiger partial charge is 0.308 e. The second-order valence-electron chi connectivity index (χ2n) is 21.4. The Balaban J connectivity index is 1.25. The minimum absolute atomic E-state index is 0.151. The number of fused-ring (bicyclic) bond motifs is 6. The lowest BCUT2D eigenvalue weighted by Crippen LogP contribution is -2.12. The van der Waals surface area contributed by atoms with Crippen LogP contribution in [-0.4, -0.2) is 9.13 Å². The topological polar surface area (TPSA) is 57.4 Å². The van der Waals surface area contributed by atoms with Crippen molar-refractivity contribution in [2.75, 3.05) is 0 Å². The van der Waals surface area contributed by atoms with Crippen LogP contribution in [0.2, 0.25) is 0 Å². The number of halogens is 3. The lowest BCUT2D eigenvalue weighted by molar-refractivity contribution is -0.137. The largest absolute Gasteiger partial charge is 0.417 e. The van der Waals surface area contributed by atoms with E-state index < -0.39 is 11.7 Å². The Hall–Kier alpha value is -9.43. The SMILES string of the molecule is Cc1cc(C)cc(-c2ccc3c(c2)c2cc(-c4cc(C)cc(C)c4)ccc2n3-c2cc(C#N)cc(-n3c4ccc(-c5cc(C)cc(C)c5)cc4c4cc(-c5cc(C)cc(C)c5)ccc43)c2-c2c(C#N)cccc2C(F)(F)F)c1. The van der Waals surface area contributed by atoms with E-state index in [-0.39, 0.29) is 22.3 Å². The molecule has 0 radical (unpaired) electrons. The van der Waals surface area contributed by atoms with Gasteiger partial charge < -0.3 is 9.13 Å². The van der Waals surface area contributed by atoms with E-state index in [1.165, 1.54) is 12.1 Å². The van der Waals surface area contributed by atoms with Crippen molar-refractivity contribution in [3.63, 3.8) is 0 Å². The van der Waals surface area contributed by atoms with Crippen LogP contribution in [-0.2, 0) is 6.18 Å². The Kier molecular flexibility index (Phi) is 11.8. The second kappa shape index (κ2) is 18.7. The summed E-state index contributed by atoms with van der Waals surface area (Å²) in [6.07, 6.45) is -4.88. The maximum atomic E-state index is 16.0. The molecule has 10 aromatic carbocycles. The molecule has 12 aromatic rings. The van der Waals surface area contributed by atoms with Crippen molar-refractivity contribution in [2.45, 2.75) is 61.6 Å². The highest BCUT2D eigenvalue weighted by molar-refractivity contribution is 6.15. The highest BCUT2D eigenvalue weighted by Gasteiger charge is 2.37. The van der Waals surface area contributed by atoms with E-state index in [0.717, 1.165) is 139 Å². The third-order valence-electron chi connectivity index (χ3n) is 15.2. The first-order valence-electron chi connectivity index (χ1n) is 26.1. The molecule has 378 valence electrons. The van der Waals surface area contributed by atoms with Gasteiger partial charge in [-0.3, -0.25) is 0 Å². The Morgan fingerprint density at radius 1 is 0.333 bits per heavy atom. The van der Waals surface area contributed by atoms with Gasteiger partial charge in [-0.25, -0.2) is 0 Å². The maximum Gasteiger partial charge on any atom is 0.417 e. The lowest BCUT2D eigenvalue weighted by atomic mass is 9.90. The molecule has 0 amide bonds. The number of nitriles is 2. The monoisotopic (exact) mass is 1020 g/mol. The average Bonchev–Trinajstić information content (AvgIpc) is 3.85. The summed E-state index contributed by atoms with van der Waals surface area (Å²) in [4.78, 5) is 0. The fourth-order valence-electron chi connectivity index (χ4n) is 12.3. The van der Waals surface area contributed by atoms with Crippen molar-refractivity contribution in [1.29, 1.82) is 10.5 Å². The fraction of sp³-hybridized carbons (Fsp3) is 0.127. The normalized spacial score (nSPS) is 11.8. The number of rotatable bonds is 7. The van der Waals surface area contributed by atoms with E-state index in [2.05, 4.69) is 189 Å². The van der Waals surface area contributed by atoms with Crippen LogP contribution in [0.5, 0.6) is 0 Å². The van der Waals surface area contributed by atoms with Crippen LogP contribution in [0.4, 0.5) is 13.2 Å². The average molecular weight is 1020 g/mol. The van der Waals surface area contributed by atoms with Gasteiger partial charge in [0, 0.05) is 32.7 Å². The standard InChI is InChI=1S/C71H53F3N4/c1-40-20-41(2)25-54(24-40)49-12-16-63-58(34-49)59-35-50(55-26-42(3)21-43(4)27-55)13-17-64(59)77(63)67-32-48(38-75)33-68(70(67)69-53(39-76)10-9-11-62(69)71(72,73)74)78-65-18-14-51(56-28-44(5)22-45(6)29-56)36-60(65)61-37-52(15-19-66(61)78)57-30-46(7)23-47(8)31-57/h9-37H,1-8H3. The molecule has 7 heteroatoms. The predicted octanol–water partition coefficient (Wildman–Crippen LogP) is 19.4. The first-order chi connectivity index (χ1) is 37.4. The minimum atomic E-state index is -4.88. The van der Waals surface area contributed by atoms with Crippen molar-refractivity contribution in [2.24, 2.45) is 0 Å². The summed E-state index contributed by atoms with van der Waals surface area (Å²) in [6.45, 7) is 16.6. The van der Waals surface area contributed by atoms with Gasteiger partial charge in [0.15, 0.2) is 0 Å². The fourth-order valence-corrected chi connectivity index (χ4v) is 12.3. The van der Waals surface area contributed by atoms with Crippen molar-refractivity contribution in [3.8, 4) is 79.1 Å². The van der Waals surface area contributed by atoms with E-state index in [4.69, 9.17) is 0 Å². The summed E-state index contributed by atoms with van der Waals surface area (Å²) in [5.41, 5.74) is 19.6. The van der Waals surface area contributed by atoms with E-state index in [1.54, 1.807) is 12.1 Å². The Morgan fingerprint density at radius 3 is 0.910 bits per heavy atom. The van der Waals surface area contributed by atoms with Crippen LogP contribution >= 0.6 is 0 Å². The van der Waals surface area contributed by atoms with Crippen LogP contribution in [0, 0.1) is 78.1 Å². The van der Waals surface area contributed by atoms with Crippen molar-refractivity contribution in [3.05, 3.63) is 237 Å². The number of hydrogen-bond donors (Lipinski definition) is 0. The zero-order valence-electron chi connectivity index (χ0n) is 44.7. The summed E-state index contributed by atoms with van der Waals surface area (Å²) < 4.78 is 52.1. The lowest BCUT2D eigenvalue weighted by Gasteiger charge is -2.24. The first-order valence-corrected chi connectivity index (χ1v) is 26.1. The number of alkyl halides is 3. The molecule has 0 spiro atoms. The molecular weight excluding hydrogens is 966 g/mol. The summed E-state index contributed by atoms with van der Waals surface area (Å²) in [5, 5.41) is 25.7. The molecule has 0 bridgehead atoms. The maximum absolute atomic E-state index is 16.0. The quantitative estimate of drug-likeness (QED) is 0.160. The van der Waals surface area contributed by atoms with Crippen molar-refractivity contribution >= 4 is 43.6 Å². The first kappa shape index (κ1) is 49.4. The van der Waals surface area contributed by atoms with Gasteiger partial charge in [0.05, 0.1) is 62.3 Å². The zero-order valence-corrected chi connectivity index (χ0v) is 44.7. The van der Waals surface area contributed by atoms with E-state index in [1.807, 2.05) is 33.4 Å². The highest BCUT2D eigenvalue weighted by Crippen LogP contribution is 2.49. The molecule has 12 rings (SSSR count). The van der Waals surface area contributed by atoms with Crippen LogP contribution < -0.4 is 0 Å². The minimum Gasteiger partial charge on any atom is -0.308 e. The van der Waals surface area contributed by atoms with Gasteiger partial charge in [-0.1, -0.05) is 148 Å². The highest BCUT2D eigenvalue weighted by atomic mass is 19.4. The van der Waals surface area contributed by atoms with Gasteiger partial charge in [-0.05, 0) is 173 Å². The number of aromatic nitrogens is 2. The molecule has 2 heterocycles. The number of benzene rings is 10. The summed E-state index contributed by atoms with van der Waals surface area (Å²) in [5.74, 6) is 0. The molecule has 0 aliphatic heterocycles. The van der Waals surface area contributed by atoms with Crippen LogP contribution in [0.3, 0.4) is 0 Å². The molecule has 0 unspecified atom stereocenters. The van der Waals surface area contributed by atoms with Gasteiger partial charge >= 0.3 is 6.18 Å². The molecule has 0 atom stereocenters. The molecule has 0 aliphatic carbocycles. The molecule has 4 nitrogen and oxygen atoms in total. The molecule has 78 heavy (non-hydrogen) atoms. The molecule has 2 aromatic heterocycles. The summed E-state index contributed by atoms with van der Waals surface area (Å²) in [6, 6.07) is 62.7. The molecular formula is C71H53F3N4. The molecule has 0 fully saturated rings. The number of hydrogen-bond acceptors (Lipinski definition) is 2. The molecule has 0 saturated carbocycles. The third-order valence-corrected chi connectivity index (χ3v) is 15.2. The van der Waals surface area contributed by atoms with Gasteiger partial charge in [0.1, 0.15) is 0 Å². The van der Waals surface area contributed by atoms with Gasteiger partial charge in [-0.2, -0.15) is 23.7 Å². The van der Waals surface area contributed by atoms with Crippen molar-refractivity contribution < 1.29 is 13.2 Å². The number of nitrogens with zero attached hydrogens (tertiary/aromatic N) is 4. The van der Waals surface area contributed by atoms with Gasteiger partial charge in [-0.15, -0.1) is 0 Å². The molecule has 0 saturated heterocycles. The van der Waals surface area contributed by atoms with E-state index >= 15 is 13.2 Å². The second-order valence-corrected chi connectivity index (χ2v) is 21.4. The molecule has 0 aliphatic rings. The third kappa shape index (κ3) is 8.59. The van der Waals surface area contributed by atoms with E-state index in [0.29, 0.717) is 11.4 Å². The Labute approximate surface area is 452 Å². The van der Waals surface area contributed by atoms with Crippen LogP contribution in [0.25, 0.3) is 111 Å².